The topological polar surface area (TPSA) is 71.5 Å². The van der Waals surface area contributed by atoms with E-state index < -0.39 is 0 Å². The van der Waals surface area contributed by atoms with Crippen LogP contribution in [0.5, 0.6) is 17.2 Å². The molecule has 0 saturated carbocycles. The van der Waals surface area contributed by atoms with E-state index in [1.807, 2.05) is 17.0 Å². The van der Waals surface area contributed by atoms with Gasteiger partial charge in [-0.1, -0.05) is 0 Å². The number of methoxy groups -OCH3 is 3. The van der Waals surface area contributed by atoms with Crippen LogP contribution in [0.2, 0.25) is 0 Å². The SMILES string of the molecule is COc1cc2c(cc1CO)CC(=O)N(CCCN(C)C[C@H]1Cc3cc(OC)c(OC)cc31)CC2. The Labute approximate surface area is 202 Å². The molecule has 0 fully saturated rings. The first-order valence-electron chi connectivity index (χ1n) is 12.0. The molecule has 2 aromatic carbocycles. The normalized spacial score (nSPS) is 17.1. The van der Waals surface area contributed by atoms with Gasteiger partial charge < -0.3 is 29.1 Å². The maximum atomic E-state index is 12.9. The van der Waals surface area contributed by atoms with E-state index in [0.717, 1.165) is 73.6 Å². The lowest BCUT2D eigenvalue weighted by Gasteiger charge is -2.34. The molecule has 1 atom stereocenters. The first-order chi connectivity index (χ1) is 16.5. The minimum atomic E-state index is -0.0908. The highest BCUT2D eigenvalue weighted by Crippen LogP contribution is 2.42. The van der Waals surface area contributed by atoms with E-state index in [4.69, 9.17) is 14.2 Å². The van der Waals surface area contributed by atoms with E-state index in [2.05, 4.69) is 24.1 Å². The molecular formula is C27H36N2O5. The Bertz CT molecular complexity index is 1040. The minimum absolute atomic E-state index is 0.0908. The van der Waals surface area contributed by atoms with Crippen molar-refractivity contribution in [3.8, 4) is 17.2 Å². The van der Waals surface area contributed by atoms with Gasteiger partial charge in [0.05, 0.1) is 34.4 Å². The van der Waals surface area contributed by atoms with Gasteiger partial charge in [-0.3, -0.25) is 4.79 Å². The van der Waals surface area contributed by atoms with Crippen molar-refractivity contribution in [1.82, 2.24) is 9.80 Å². The lowest BCUT2D eigenvalue weighted by atomic mass is 9.77. The average Bonchev–Trinajstić information content (AvgIpc) is 2.98. The molecule has 184 valence electrons. The monoisotopic (exact) mass is 468 g/mol. The van der Waals surface area contributed by atoms with E-state index >= 15 is 0 Å². The van der Waals surface area contributed by atoms with E-state index in [-0.39, 0.29) is 12.5 Å². The van der Waals surface area contributed by atoms with Gasteiger partial charge >= 0.3 is 0 Å². The van der Waals surface area contributed by atoms with Crippen LogP contribution in [0.25, 0.3) is 0 Å². The number of benzene rings is 2. The number of nitrogens with zero attached hydrogens (tertiary/aromatic N) is 2. The van der Waals surface area contributed by atoms with Crippen LogP contribution in [0, 0.1) is 0 Å². The van der Waals surface area contributed by atoms with Crippen molar-refractivity contribution in [2.45, 2.75) is 38.2 Å². The maximum Gasteiger partial charge on any atom is 0.227 e. The zero-order valence-corrected chi connectivity index (χ0v) is 20.7. The second kappa shape index (κ2) is 10.7. The van der Waals surface area contributed by atoms with Crippen molar-refractivity contribution in [2.75, 3.05) is 54.6 Å². The largest absolute Gasteiger partial charge is 0.496 e. The van der Waals surface area contributed by atoms with Gasteiger partial charge in [-0.25, -0.2) is 0 Å². The van der Waals surface area contributed by atoms with Crippen molar-refractivity contribution < 1.29 is 24.1 Å². The number of carbonyl (C=O) groups excluding carboxylic acids is 1. The molecule has 0 unspecified atom stereocenters. The summed E-state index contributed by atoms with van der Waals surface area (Å²) in [6, 6.07) is 8.10. The molecule has 1 N–H and O–H groups in total. The quantitative estimate of drug-likeness (QED) is 0.578. The van der Waals surface area contributed by atoms with Crippen LogP contribution in [0.4, 0.5) is 0 Å². The fraction of sp³-hybridized carbons (Fsp3) is 0.519. The van der Waals surface area contributed by atoms with E-state index in [1.54, 1.807) is 21.3 Å². The van der Waals surface area contributed by atoms with Gasteiger partial charge in [-0.15, -0.1) is 0 Å². The van der Waals surface area contributed by atoms with Crippen LogP contribution in [0.3, 0.4) is 0 Å². The van der Waals surface area contributed by atoms with Crippen LogP contribution in [0.15, 0.2) is 24.3 Å². The Hall–Kier alpha value is -2.77. The van der Waals surface area contributed by atoms with Crippen molar-refractivity contribution in [1.29, 1.82) is 0 Å². The third-order valence-corrected chi connectivity index (χ3v) is 7.17. The summed E-state index contributed by atoms with van der Waals surface area (Å²) in [5.74, 6) is 2.94. The van der Waals surface area contributed by atoms with Crippen LogP contribution in [-0.4, -0.2) is 75.4 Å². The van der Waals surface area contributed by atoms with Crippen molar-refractivity contribution in [2.24, 2.45) is 0 Å². The molecule has 34 heavy (non-hydrogen) atoms. The zero-order chi connectivity index (χ0) is 24.2. The lowest BCUT2D eigenvalue weighted by Crippen LogP contribution is -2.36. The number of likely N-dealkylation sites (N-methyl/N-ethyl adjacent to an activating group) is 1. The predicted octanol–water partition coefficient (Wildman–Crippen LogP) is 2.79. The Morgan fingerprint density at radius 1 is 1.00 bits per heavy atom. The van der Waals surface area contributed by atoms with Crippen molar-refractivity contribution in [3.63, 3.8) is 0 Å². The molecule has 0 bridgehead atoms. The molecule has 0 aromatic heterocycles. The molecule has 1 heterocycles. The summed E-state index contributed by atoms with van der Waals surface area (Å²) in [6.45, 7) is 3.32. The summed E-state index contributed by atoms with van der Waals surface area (Å²) in [5, 5.41) is 9.60. The number of carbonyl (C=O) groups is 1. The highest BCUT2D eigenvalue weighted by Gasteiger charge is 2.29. The van der Waals surface area contributed by atoms with Crippen LogP contribution < -0.4 is 14.2 Å². The number of aliphatic hydroxyl groups excluding tert-OH is 1. The molecule has 0 spiro atoms. The van der Waals surface area contributed by atoms with Crippen molar-refractivity contribution >= 4 is 5.91 Å². The van der Waals surface area contributed by atoms with Gasteiger partial charge in [0.2, 0.25) is 5.91 Å². The maximum absolute atomic E-state index is 12.9. The molecule has 7 heteroatoms. The number of ether oxygens (including phenoxy) is 3. The van der Waals surface area contributed by atoms with Gasteiger partial charge in [-0.05, 0) is 79.4 Å². The number of amides is 1. The molecule has 0 saturated heterocycles. The summed E-state index contributed by atoms with van der Waals surface area (Å²) >= 11 is 0. The third-order valence-electron chi connectivity index (χ3n) is 7.17. The number of hydrogen-bond acceptors (Lipinski definition) is 6. The summed E-state index contributed by atoms with van der Waals surface area (Å²) < 4.78 is 16.3. The summed E-state index contributed by atoms with van der Waals surface area (Å²) in [5.41, 5.74) is 5.56. The Kier molecular flexibility index (Phi) is 7.63. The van der Waals surface area contributed by atoms with Gasteiger partial charge in [0, 0.05) is 31.1 Å². The Morgan fingerprint density at radius 2 is 1.71 bits per heavy atom. The molecule has 7 nitrogen and oxygen atoms in total. The molecule has 2 aliphatic rings. The molecule has 4 rings (SSSR count). The lowest BCUT2D eigenvalue weighted by molar-refractivity contribution is -0.130. The Morgan fingerprint density at radius 3 is 2.41 bits per heavy atom. The summed E-state index contributed by atoms with van der Waals surface area (Å²) in [4.78, 5) is 17.2. The zero-order valence-electron chi connectivity index (χ0n) is 20.7. The molecule has 2 aromatic rings. The van der Waals surface area contributed by atoms with Crippen LogP contribution in [-0.2, 0) is 30.7 Å². The second-order valence-corrected chi connectivity index (χ2v) is 9.32. The highest BCUT2D eigenvalue weighted by molar-refractivity contribution is 5.80. The standard InChI is InChI=1S/C27H36N2O5/c1-28(16-21-11-20-13-25(33-3)26(34-4)15-23(20)21)7-5-8-29-9-6-18-12-24(32-2)22(17-30)10-19(18)14-27(29)31/h10,12-13,15,21,30H,5-9,11,14,16-17H2,1-4H3/t21-/m1/s1. The molecule has 1 amide bonds. The molecule has 1 aliphatic heterocycles. The third kappa shape index (κ3) is 5.00. The second-order valence-electron chi connectivity index (χ2n) is 9.32. The summed E-state index contributed by atoms with van der Waals surface area (Å²) in [7, 11) is 7.11. The average molecular weight is 469 g/mol. The van der Waals surface area contributed by atoms with Gasteiger partial charge in [-0.2, -0.15) is 0 Å². The predicted molar refractivity (Wildman–Crippen MR) is 131 cm³/mol. The van der Waals surface area contributed by atoms with Gasteiger partial charge in [0.1, 0.15) is 5.75 Å². The number of fused-ring (bicyclic) bond motifs is 2. The van der Waals surface area contributed by atoms with Gasteiger partial charge in [0.25, 0.3) is 0 Å². The van der Waals surface area contributed by atoms with Crippen LogP contribution >= 0.6 is 0 Å². The number of aliphatic hydroxyl groups is 1. The molecule has 1 aliphatic carbocycles. The first-order valence-corrected chi connectivity index (χ1v) is 12.0. The van der Waals surface area contributed by atoms with E-state index in [1.165, 1.54) is 11.1 Å². The summed E-state index contributed by atoms with van der Waals surface area (Å²) in [6.07, 6.45) is 3.19. The number of rotatable bonds is 10. The van der Waals surface area contributed by atoms with Crippen LogP contribution in [0.1, 0.15) is 40.2 Å². The highest BCUT2D eigenvalue weighted by atomic mass is 16.5. The Balaban J connectivity index is 1.28. The number of hydrogen-bond donors (Lipinski definition) is 1. The van der Waals surface area contributed by atoms with E-state index in [9.17, 15) is 9.90 Å². The fourth-order valence-corrected chi connectivity index (χ4v) is 5.22. The van der Waals surface area contributed by atoms with E-state index in [0.29, 0.717) is 18.1 Å². The fourth-order valence-electron chi connectivity index (χ4n) is 5.22. The minimum Gasteiger partial charge on any atom is -0.496 e. The molecular weight excluding hydrogens is 432 g/mol. The first kappa shape index (κ1) is 24.4. The van der Waals surface area contributed by atoms with Crippen molar-refractivity contribution in [3.05, 3.63) is 52.1 Å². The molecule has 0 radical (unpaired) electrons. The van der Waals surface area contributed by atoms with Gasteiger partial charge in [0.15, 0.2) is 11.5 Å². The smallest absolute Gasteiger partial charge is 0.227 e.